The lowest BCUT2D eigenvalue weighted by atomic mass is 10.1. The van der Waals surface area contributed by atoms with Gasteiger partial charge in [0.15, 0.2) is 29.2 Å². The third-order valence-corrected chi connectivity index (χ3v) is 5.17. The Balaban J connectivity index is 1.42. The number of phenols is 2. The lowest BCUT2D eigenvalue weighted by Crippen LogP contribution is -2.31. The Labute approximate surface area is 189 Å². The highest BCUT2D eigenvalue weighted by molar-refractivity contribution is 5.98. The number of hydrogen-bond donors (Lipinski definition) is 6. The van der Waals surface area contributed by atoms with Crippen molar-refractivity contribution < 1.29 is 34.9 Å². The van der Waals surface area contributed by atoms with Crippen LogP contribution < -0.4 is 11.1 Å². The molecule has 0 aliphatic carbocycles. The van der Waals surface area contributed by atoms with E-state index in [9.17, 15) is 35.3 Å². The number of nitrogens with one attached hydrogen (secondary N) is 1. The Hall–Kier alpha value is -4.34. The number of nitro benzene ring substituents is 1. The lowest BCUT2D eigenvalue weighted by molar-refractivity contribution is -0.385. The first-order chi connectivity index (χ1) is 16.2. The number of rotatable bonds is 6. The number of aromatic nitrogens is 4. The van der Waals surface area contributed by atoms with E-state index in [1.807, 2.05) is 0 Å². The molecule has 0 spiro atoms. The van der Waals surface area contributed by atoms with Gasteiger partial charge in [-0.25, -0.2) is 15.0 Å². The van der Waals surface area contributed by atoms with Crippen molar-refractivity contribution in [2.24, 2.45) is 0 Å². The van der Waals surface area contributed by atoms with Crippen molar-refractivity contribution in [3.05, 3.63) is 52.6 Å². The molecule has 0 radical (unpaired) electrons. The summed E-state index contributed by atoms with van der Waals surface area (Å²) in [5.41, 5.74) is 5.32. The number of aliphatic hydroxyl groups is 2. The number of aliphatic hydroxyl groups excluding tert-OH is 2. The summed E-state index contributed by atoms with van der Waals surface area (Å²) in [5, 5.41) is 53.5. The van der Waals surface area contributed by atoms with Crippen LogP contribution in [0.15, 0.2) is 36.9 Å². The van der Waals surface area contributed by atoms with E-state index in [-0.39, 0.29) is 12.4 Å². The maximum absolute atomic E-state index is 12.3. The van der Waals surface area contributed by atoms with Gasteiger partial charge in [0.1, 0.15) is 30.2 Å². The van der Waals surface area contributed by atoms with Crippen molar-refractivity contribution >= 4 is 28.6 Å². The van der Waals surface area contributed by atoms with Crippen LogP contribution in [0.5, 0.6) is 11.5 Å². The van der Waals surface area contributed by atoms with Crippen LogP contribution in [0.4, 0.5) is 11.5 Å². The molecule has 34 heavy (non-hydrogen) atoms. The molecule has 1 amide bonds. The van der Waals surface area contributed by atoms with E-state index in [0.717, 1.165) is 12.1 Å². The molecule has 178 valence electrons. The molecule has 15 heteroatoms. The summed E-state index contributed by atoms with van der Waals surface area (Å²) >= 11 is 0. The molecule has 3 heterocycles. The standard InChI is InChI=1S/C19H19N7O8/c20-16-12-17(23-6-22-16)25(7-24-12)19-15(30)14(29)11(34-19)2-1-3-21-18(31)9-4-8(26(32)33)5-10(27)13(9)28/h1-2,4-7,11,14-15,19,27-30H,3H2,(H,21,31)(H2,20,22,23). The average molecular weight is 473 g/mol. The number of benzene rings is 1. The van der Waals surface area contributed by atoms with Gasteiger partial charge in [-0.05, 0) is 0 Å². The third-order valence-electron chi connectivity index (χ3n) is 5.17. The zero-order chi connectivity index (χ0) is 24.6. The minimum Gasteiger partial charge on any atom is -0.504 e. The molecular weight excluding hydrogens is 454 g/mol. The first kappa shape index (κ1) is 22.8. The molecule has 2 aromatic heterocycles. The summed E-state index contributed by atoms with van der Waals surface area (Å²) < 4.78 is 7.13. The summed E-state index contributed by atoms with van der Waals surface area (Å²) in [6, 6.07) is 1.54. The molecule has 1 aliphatic heterocycles. The first-order valence-corrected chi connectivity index (χ1v) is 9.79. The van der Waals surface area contributed by atoms with Crippen LogP contribution in [0.2, 0.25) is 0 Å². The van der Waals surface area contributed by atoms with Gasteiger partial charge in [-0.3, -0.25) is 19.5 Å². The fourth-order valence-electron chi connectivity index (χ4n) is 3.46. The van der Waals surface area contributed by atoms with Gasteiger partial charge in [0.25, 0.3) is 11.6 Å². The minimum absolute atomic E-state index is 0.118. The van der Waals surface area contributed by atoms with E-state index in [0.29, 0.717) is 11.2 Å². The number of nitrogen functional groups attached to an aromatic ring is 1. The van der Waals surface area contributed by atoms with Crippen LogP contribution >= 0.6 is 0 Å². The molecule has 15 nitrogen and oxygen atoms in total. The Kier molecular flexibility index (Phi) is 5.97. The highest BCUT2D eigenvalue weighted by Crippen LogP contribution is 2.34. The largest absolute Gasteiger partial charge is 0.504 e. The molecule has 1 fully saturated rings. The summed E-state index contributed by atoms with van der Waals surface area (Å²) in [5.74, 6) is -2.35. The zero-order valence-electron chi connectivity index (χ0n) is 17.2. The Morgan fingerprint density at radius 1 is 1.26 bits per heavy atom. The maximum atomic E-state index is 12.3. The number of carbonyl (C=O) groups excluding carboxylic acids is 1. The summed E-state index contributed by atoms with van der Waals surface area (Å²) in [6.07, 6.45) is 0.778. The number of amides is 1. The molecule has 4 atom stereocenters. The first-order valence-electron chi connectivity index (χ1n) is 9.79. The van der Waals surface area contributed by atoms with E-state index >= 15 is 0 Å². The number of phenolic OH excluding ortho intramolecular Hbond substituents is 2. The number of imidazole rings is 1. The number of ether oxygens (including phenoxy) is 1. The third kappa shape index (κ3) is 4.05. The van der Waals surface area contributed by atoms with E-state index in [1.54, 1.807) is 0 Å². The molecule has 1 aliphatic rings. The summed E-state index contributed by atoms with van der Waals surface area (Å²) in [4.78, 5) is 34.4. The Morgan fingerprint density at radius 2 is 2.03 bits per heavy atom. The van der Waals surface area contributed by atoms with Gasteiger partial charge in [0.05, 0.1) is 22.9 Å². The van der Waals surface area contributed by atoms with E-state index in [4.69, 9.17) is 10.5 Å². The van der Waals surface area contributed by atoms with Crippen LogP contribution in [0.3, 0.4) is 0 Å². The number of hydrogen-bond acceptors (Lipinski definition) is 12. The van der Waals surface area contributed by atoms with Crippen LogP contribution in [0, 0.1) is 10.1 Å². The highest BCUT2D eigenvalue weighted by atomic mass is 16.6. The molecule has 1 saturated heterocycles. The predicted octanol–water partition coefficient (Wildman–Crippen LogP) is -0.667. The molecule has 4 unspecified atom stereocenters. The van der Waals surface area contributed by atoms with Crippen LogP contribution in [0.1, 0.15) is 16.6 Å². The molecule has 7 N–H and O–H groups in total. The SMILES string of the molecule is Nc1ncnc2c1ncn2C1OC(C=CCNC(=O)c2cc([N+](=O)[O-])cc(O)c2O)C(O)C1O. The summed E-state index contributed by atoms with van der Waals surface area (Å²) in [6.45, 7) is -0.118. The van der Waals surface area contributed by atoms with Crippen LogP contribution in [-0.2, 0) is 4.74 Å². The van der Waals surface area contributed by atoms with Crippen molar-refractivity contribution in [1.82, 2.24) is 24.8 Å². The molecule has 0 saturated carbocycles. The van der Waals surface area contributed by atoms with E-state index in [2.05, 4.69) is 20.3 Å². The minimum atomic E-state index is -1.33. The van der Waals surface area contributed by atoms with Gasteiger partial charge in [0.2, 0.25) is 0 Å². The normalized spacial score (nSPS) is 22.4. The molecule has 4 rings (SSSR count). The van der Waals surface area contributed by atoms with Crippen LogP contribution in [0.25, 0.3) is 11.2 Å². The topological polar surface area (TPSA) is 232 Å². The number of nitro groups is 1. The van der Waals surface area contributed by atoms with E-state index < -0.39 is 58.1 Å². The molecule has 1 aromatic carbocycles. The van der Waals surface area contributed by atoms with Crippen LogP contribution in [-0.4, -0.2) is 75.6 Å². The van der Waals surface area contributed by atoms with Crippen molar-refractivity contribution in [3.8, 4) is 11.5 Å². The van der Waals surface area contributed by atoms with Gasteiger partial charge in [-0.1, -0.05) is 12.2 Å². The fourth-order valence-corrected chi connectivity index (χ4v) is 3.46. The number of fused-ring (bicyclic) bond motifs is 1. The second kappa shape index (κ2) is 8.89. The lowest BCUT2D eigenvalue weighted by Gasteiger charge is -2.16. The highest BCUT2D eigenvalue weighted by Gasteiger charge is 2.43. The van der Waals surface area contributed by atoms with Gasteiger partial charge >= 0.3 is 0 Å². The Morgan fingerprint density at radius 3 is 2.76 bits per heavy atom. The zero-order valence-corrected chi connectivity index (χ0v) is 17.2. The van der Waals surface area contributed by atoms with Gasteiger partial charge in [-0.15, -0.1) is 0 Å². The van der Waals surface area contributed by atoms with Crippen molar-refractivity contribution in [2.75, 3.05) is 12.3 Å². The molecule has 3 aromatic rings. The second-order valence-corrected chi connectivity index (χ2v) is 7.31. The monoisotopic (exact) mass is 473 g/mol. The molecule has 0 bridgehead atoms. The van der Waals surface area contributed by atoms with Crippen molar-refractivity contribution in [3.63, 3.8) is 0 Å². The maximum Gasteiger partial charge on any atom is 0.274 e. The summed E-state index contributed by atoms with van der Waals surface area (Å²) in [7, 11) is 0. The van der Waals surface area contributed by atoms with Crippen molar-refractivity contribution in [2.45, 2.75) is 24.5 Å². The van der Waals surface area contributed by atoms with Gasteiger partial charge < -0.3 is 36.2 Å². The fraction of sp³-hybridized carbons (Fsp3) is 0.263. The van der Waals surface area contributed by atoms with E-state index in [1.165, 1.54) is 29.4 Å². The number of aromatic hydroxyl groups is 2. The van der Waals surface area contributed by atoms with Crippen molar-refractivity contribution in [1.29, 1.82) is 0 Å². The smallest absolute Gasteiger partial charge is 0.274 e. The average Bonchev–Trinajstić information content (AvgIpc) is 3.35. The molecular formula is C19H19N7O8. The van der Waals surface area contributed by atoms with Gasteiger partial charge in [-0.2, -0.15) is 0 Å². The number of non-ortho nitro benzene ring substituents is 1. The number of nitrogens with zero attached hydrogens (tertiary/aromatic N) is 5. The number of anilines is 1. The quantitative estimate of drug-likeness (QED) is 0.113. The second-order valence-electron chi connectivity index (χ2n) is 7.31. The number of carbonyl (C=O) groups is 1. The predicted molar refractivity (Wildman–Crippen MR) is 114 cm³/mol. The number of nitrogens with two attached hydrogens (primary N) is 1. The van der Waals surface area contributed by atoms with Gasteiger partial charge in [0, 0.05) is 12.6 Å². The Bertz CT molecular complexity index is 1290.